The highest BCUT2D eigenvalue weighted by Crippen LogP contribution is 2.28. The first-order valence-corrected chi connectivity index (χ1v) is 7.91. The summed E-state index contributed by atoms with van der Waals surface area (Å²) in [6.07, 6.45) is 4.20. The largest absolute Gasteiger partial charge is 0.379 e. The third-order valence-corrected chi connectivity index (χ3v) is 4.31. The molecule has 1 aromatic heterocycles. The van der Waals surface area contributed by atoms with Crippen molar-refractivity contribution in [3.63, 3.8) is 0 Å². The smallest absolute Gasteiger partial charge is 0.0803 e. The highest BCUT2D eigenvalue weighted by atomic mass is 32.1. The van der Waals surface area contributed by atoms with Crippen LogP contribution in [0.4, 0.5) is 0 Å². The number of aryl methyl sites for hydroxylation is 1. The first-order chi connectivity index (χ1) is 9.04. The maximum Gasteiger partial charge on any atom is 0.0803 e. The second kappa shape index (κ2) is 7.92. The average Bonchev–Trinajstić information content (AvgIpc) is 2.83. The average molecular weight is 285 g/mol. The summed E-state index contributed by atoms with van der Waals surface area (Å²) in [5, 5.41) is 7.83. The molecule has 1 atom stereocenters. The first kappa shape index (κ1) is 16.5. The second-order valence-electron chi connectivity index (χ2n) is 5.45. The molecule has 0 aromatic carbocycles. The van der Waals surface area contributed by atoms with E-state index in [-0.39, 0.29) is 5.60 Å². The number of methoxy groups -OCH3 is 1. The Labute approximate surface area is 121 Å². The van der Waals surface area contributed by atoms with Crippen molar-refractivity contribution >= 4 is 11.5 Å². The Morgan fingerprint density at radius 3 is 2.68 bits per heavy atom. The molecule has 0 bridgehead atoms. The Morgan fingerprint density at radius 2 is 2.11 bits per heavy atom. The van der Waals surface area contributed by atoms with Crippen LogP contribution in [0.3, 0.4) is 0 Å². The molecule has 0 aliphatic carbocycles. The van der Waals surface area contributed by atoms with Gasteiger partial charge in [-0.15, -0.1) is 5.10 Å². The van der Waals surface area contributed by atoms with Crippen LogP contribution < -0.4 is 5.32 Å². The predicted octanol–water partition coefficient (Wildman–Crippen LogP) is 3.35. The zero-order chi connectivity index (χ0) is 14.3. The zero-order valence-corrected chi connectivity index (χ0v) is 13.6. The summed E-state index contributed by atoms with van der Waals surface area (Å²) in [7, 11) is 1.78. The number of nitrogens with one attached hydrogen (secondary N) is 1. The fourth-order valence-electron chi connectivity index (χ4n) is 2.06. The fourth-order valence-corrected chi connectivity index (χ4v) is 2.86. The lowest BCUT2D eigenvalue weighted by Gasteiger charge is -2.26. The minimum atomic E-state index is -0.0727. The van der Waals surface area contributed by atoms with Crippen molar-refractivity contribution in [3.8, 4) is 0 Å². The van der Waals surface area contributed by atoms with Crippen molar-refractivity contribution in [2.45, 2.75) is 65.0 Å². The second-order valence-corrected chi connectivity index (χ2v) is 6.23. The summed E-state index contributed by atoms with van der Waals surface area (Å²) in [5.41, 5.74) is 1.09. The van der Waals surface area contributed by atoms with Crippen molar-refractivity contribution in [1.82, 2.24) is 14.9 Å². The summed E-state index contributed by atoms with van der Waals surface area (Å²) in [5.74, 6) is 0. The molecule has 0 saturated carbocycles. The van der Waals surface area contributed by atoms with Gasteiger partial charge in [-0.3, -0.25) is 0 Å². The van der Waals surface area contributed by atoms with Crippen LogP contribution in [-0.2, 0) is 11.2 Å². The summed E-state index contributed by atoms with van der Waals surface area (Å²) in [4.78, 5) is 1.30. The Morgan fingerprint density at radius 1 is 1.37 bits per heavy atom. The van der Waals surface area contributed by atoms with E-state index in [2.05, 4.69) is 42.6 Å². The minimum Gasteiger partial charge on any atom is -0.379 e. The van der Waals surface area contributed by atoms with Crippen molar-refractivity contribution < 1.29 is 4.74 Å². The van der Waals surface area contributed by atoms with Gasteiger partial charge in [0.1, 0.15) is 0 Å². The molecule has 1 N–H and O–H groups in total. The molecule has 5 heteroatoms. The number of aromatic nitrogens is 2. The monoisotopic (exact) mass is 285 g/mol. The van der Waals surface area contributed by atoms with Gasteiger partial charge in [-0.2, -0.15) is 0 Å². The highest BCUT2D eigenvalue weighted by Gasteiger charge is 2.23. The Bertz CT molecular complexity index is 365. The van der Waals surface area contributed by atoms with Crippen LogP contribution in [0.1, 0.15) is 63.6 Å². The fraction of sp³-hybridized carbons (Fsp3) is 0.857. The maximum absolute atomic E-state index is 5.51. The van der Waals surface area contributed by atoms with Gasteiger partial charge < -0.3 is 10.1 Å². The summed E-state index contributed by atoms with van der Waals surface area (Å²) < 4.78 is 9.63. The van der Waals surface area contributed by atoms with Crippen LogP contribution in [0.15, 0.2) is 0 Å². The summed E-state index contributed by atoms with van der Waals surface area (Å²) in [6.45, 7) is 9.55. The lowest BCUT2D eigenvalue weighted by Crippen LogP contribution is -2.27. The van der Waals surface area contributed by atoms with Crippen LogP contribution >= 0.6 is 11.5 Å². The van der Waals surface area contributed by atoms with E-state index in [1.165, 1.54) is 16.4 Å². The van der Waals surface area contributed by atoms with Gasteiger partial charge in [-0.25, -0.2) is 0 Å². The topological polar surface area (TPSA) is 47.0 Å². The molecule has 110 valence electrons. The van der Waals surface area contributed by atoms with Gasteiger partial charge in [0, 0.05) is 13.2 Å². The van der Waals surface area contributed by atoms with Gasteiger partial charge in [0.15, 0.2) is 0 Å². The molecule has 1 unspecified atom stereocenters. The molecule has 1 heterocycles. The van der Waals surface area contributed by atoms with Crippen molar-refractivity contribution in [2.75, 3.05) is 13.7 Å². The van der Waals surface area contributed by atoms with E-state index in [0.29, 0.717) is 6.04 Å². The van der Waals surface area contributed by atoms with E-state index in [0.717, 1.165) is 37.9 Å². The van der Waals surface area contributed by atoms with Crippen LogP contribution in [0.5, 0.6) is 0 Å². The molecule has 1 aromatic rings. The Balaban J connectivity index is 2.73. The SMILES string of the molecule is CCCc1nnsc1C(CCC(C)(C)OC)NCC. The summed E-state index contributed by atoms with van der Waals surface area (Å²) >= 11 is 1.53. The van der Waals surface area contributed by atoms with Crippen LogP contribution in [-0.4, -0.2) is 28.8 Å². The van der Waals surface area contributed by atoms with E-state index >= 15 is 0 Å². The highest BCUT2D eigenvalue weighted by molar-refractivity contribution is 7.05. The Kier molecular flexibility index (Phi) is 6.89. The lowest BCUT2D eigenvalue weighted by atomic mass is 9.97. The molecule has 0 saturated heterocycles. The van der Waals surface area contributed by atoms with Crippen LogP contribution in [0, 0.1) is 0 Å². The van der Waals surface area contributed by atoms with Gasteiger partial charge in [-0.05, 0) is 51.2 Å². The number of hydrogen-bond donors (Lipinski definition) is 1. The molecular formula is C14H27N3OS. The van der Waals surface area contributed by atoms with Crippen molar-refractivity contribution in [3.05, 3.63) is 10.6 Å². The Hall–Kier alpha value is -0.520. The number of nitrogens with zero attached hydrogens (tertiary/aromatic N) is 2. The van der Waals surface area contributed by atoms with Gasteiger partial charge in [0.05, 0.1) is 16.2 Å². The minimum absolute atomic E-state index is 0.0727. The van der Waals surface area contributed by atoms with Gasteiger partial charge in [0.25, 0.3) is 0 Å². The standard InChI is InChI=1S/C14H27N3OS/c1-6-8-12-13(19-17-16-12)11(15-7-2)9-10-14(3,4)18-5/h11,15H,6-10H2,1-5H3. The zero-order valence-electron chi connectivity index (χ0n) is 12.8. The number of ether oxygens (including phenoxy) is 1. The molecular weight excluding hydrogens is 258 g/mol. The molecule has 0 aliphatic rings. The van der Waals surface area contributed by atoms with E-state index in [9.17, 15) is 0 Å². The normalized spacial score (nSPS) is 13.7. The molecule has 0 amide bonds. The third-order valence-electron chi connectivity index (χ3n) is 3.43. The van der Waals surface area contributed by atoms with E-state index in [1.54, 1.807) is 7.11 Å². The molecule has 0 radical (unpaired) electrons. The quantitative estimate of drug-likeness (QED) is 0.756. The molecule has 0 spiro atoms. The molecule has 0 aliphatic heterocycles. The molecule has 1 rings (SSSR count). The maximum atomic E-state index is 5.51. The first-order valence-electron chi connectivity index (χ1n) is 7.13. The number of rotatable bonds is 9. The molecule has 4 nitrogen and oxygen atoms in total. The summed E-state index contributed by atoms with van der Waals surface area (Å²) in [6, 6.07) is 0.348. The molecule has 0 fully saturated rings. The van der Waals surface area contributed by atoms with Gasteiger partial charge >= 0.3 is 0 Å². The van der Waals surface area contributed by atoms with Crippen molar-refractivity contribution in [1.29, 1.82) is 0 Å². The van der Waals surface area contributed by atoms with E-state index in [4.69, 9.17) is 4.74 Å². The van der Waals surface area contributed by atoms with Gasteiger partial charge in [0.2, 0.25) is 0 Å². The van der Waals surface area contributed by atoms with Gasteiger partial charge in [-0.1, -0.05) is 24.8 Å². The lowest BCUT2D eigenvalue weighted by molar-refractivity contribution is 0.0117. The predicted molar refractivity (Wildman–Crippen MR) is 80.6 cm³/mol. The van der Waals surface area contributed by atoms with Crippen LogP contribution in [0.25, 0.3) is 0 Å². The van der Waals surface area contributed by atoms with E-state index in [1.807, 2.05) is 0 Å². The van der Waals surface area contributed by atoms with Crippen molar-refractivity contribution in [2.24, 2.45) is 0 Å². The number of hydrogen-bond acceptors (Lipinski definition) is 5. The van der Waals surface area contributed by atoms with E-state index < -0.39 is 0 Å². The third kappa shape index (κ3) is 5.16. The van der Waals surface area contributed by atoms with Crippen LogP contribution in [0.2, 0.25) is 0 Å². The molecule has 19 heavy (non-hydrogen) atoms.